The molecule has 7 aromatic carbocycles. The van der Waals surface area contributed by atoms with Crippen molar-refractivity contribution in [3.05, 3.63) is 186 Å². The molecule has 1 unspecified atom stereocenters. The molecular weight excluding hydrogens is 874 g/mol. The first-order valence-corrected chi connectivity index (χ1v) is 24.4. The van der Waals surface area contributed by atoms with Gasteiger partial charge in [0, 0.05) is 31.3 Å². The average molecular weight is 931 g/mol. The van der Waals surface area contributed by atoms with Gasteiger partial charge in [-0.05, 0) is 127 Å². The summed E-state index contributed by atoms with van der Waals surface area (Å²) in [4.78, 5) is 17.6. The molecule has 1 aromatic heterocycles. The van der Waals surface area contributed by atoms with Crippen LogP contribution in [0.3, 0.4) is 0 Å². The quantitative estimate of drug-likeness (QED) is 0.0515. The zero-order chi connectivity index (χ0) is 46.5. The van der Waals surface area contributed by atoms with Crippen molar-refractivity contribution in [2.75, 3.05) is 98.4 Å². The minimum atomic E-state index is -1.97. The van der Waals surface area contributed by atoms with E-state index in [1.165, 1.54) is 0 Å². The third-order valence-electron chi connectivity index (χ3n) is 12.3. The van der Waals surface area contributed by atoms with Gasteiger partial charge in [0.15, 0.2) is 0 Å². The fraction of sp³-hybridized carbons (Fsp3) is 0.263. The number of rotatable bonds is 25. The van der Waals surface area contributed by atoms with Crippen molar-refractivity contribution >= 4 is 46.1 Å². The fourth-order valence-corrected chi connectivity index (χ4v) is 11.0. The largest absolute Gasteiger partial charge is 0.807 e. The van der Waals surface area contributed by atoms with E-state index in [4.69, 9.17) is 37.9 Å². The summed E-state index contributed by atoms with van der Waals surface area (Å²) in [6.45, 7) is 5.72. The Hall–Kier alpha value is -6.04. The Labute approximate surface area is 399 Å². The minimum absolute atomic E-state index is 0.383. The van der Waals surface area contributed by atoms with E-state index in [1.54, 1.807) is 14.2 Å². The summed E-state index contributed by atoms with van der Waals surface area (Å²) in [5, 5.41) is 4.86. The van der Waals surface area contributed by atoms with Crippen molar-refractivity contribution in [2.24, 2.45) is 0 Å². The van der Waals surface area contributed by atoms with Crippen LogP contribution in [0.25, 0.3) is 32.1 Å². The van der Waals surface area contributed by atoms with Crippen LogP contribution < -0.4 is 19.3 Å². The van der Waals surface area contributed by atoms with E-state index in [-0.39, 0.29) is 0 Å². The maximum Gasteiger partial charge on any atom is 0.119 e. The lowest BCUT2D eigenvalue weighted by atomic mass is 9.67. The van der Waals surface area contributed by atoms with Gasteiger partial charge in [0.05, 0.1) is 71.5 Å². The summed E-state index contributed by atoms with van der Waals surface area (Å²) in [7, 11) is 1.34. The lowest BCUT2D eigenvalue weighted by Crippen LogP contribution is -2.29. The van der Waals surface area contributed by atoms with Gasteiger partial charge in [-0.3, -0.25) is 0 Å². The molecule has 1 aliphatic carbocycles. The van der Waals surface area contributed by atoms with Gasteiger partial charge >= 0.3 is 0 Å². The second-order valence-electron chi connectivity index (χ2n) is 16.4. The number of anilines is 3. The molecular formula is C57H57NO9P-. The molecule has 11 heteroatoms. The van der Waals surface area contributed by atoms with Crippen molar-refractivity contribution in [3.63, 3.8) is 0 Å². The van der Waals surface area contributed by atoms with Gasteiger partial charge in [0.25, 0.3) is 0 Å². The summed E-state index contributed by atoms with van der Waals surface area (Å²) < 4.78 is 45.2. The Bertz CT molecular complexity index is 2750. The second kappa shape index (κ2) is 22.8. The zero-order valence-corrected chi connectivity index (χ0v) is 39.5. The normalized spacial score (nSPS) is 12.9. The second-order valence-corrected chi connectivity index (χ2v) is 17.9. The molecule has 8 aromatic rings. The van der Waals surface area contributed by atoms with Crippen LogP contribution in [0.15, 0.2) is 164 Å². The van der Waals surface area contributed by atoms with Crippen LogP contribution in [-0.4, -0.2) is 93.5 Å². The van der Waals surface area contributed by atoms with Gasteiger partial charge in [-0.2, -0.15) is 7.76 Å². The van der Waals surface area contributed by atoms with E-state index >= 15 is 4.89 Å². The summed E-state index contributed by atoms with van der Waals surface area (Å²) >= 11 is 0. The smallest absolute Gasteiger partial charge is 0.119 e. The predicted molar refractivity (Wildman–Crippen MR) is 270 cm³/mol. The topological polar surface area (TPSA) is 100 Å². The maximum absolute atomic E-state index is 15.3. The number of ether oxygens (including phenoxy) is 8. The maximum atomic E-state index is 15.3. The lowest BCUT2D eigenvalue weighted by molar-refractivity contribution is -0.149. The van der Waals surface area contributed by atoms with E-state index in [0.717, 1.165) is 83.0 Å². The number of hydrogen-bond acceptors (Lipinski definition) is 10. The van der Waals surface area contributed by atoms with Crippen LogP contribution >= 0.6 is 7.76 Å². The molecule has 0 aliphatic heterocycles. The molecule has 1 aliphatic rings. The third-order valence-corrected chi connectivity index (χ3v) is 14.0. The molecule has 0 N–H and O–H groups in total. The zero-order valence-electron chi connectivity index (χ0n) is 38.6. The van der Waals surface area contributed by atoms with E-state index < -0.39 is 13.2 Å². The highest BCUT2D eigenvalue weighted by Gasteiger charge is 2.49. The number of methoxy groups -OCH3 is 2. The van der Waals surface area contributed by atoms with Crippen LogP contribution in [0.4, 0.5) is 17.1 Å². The van der Waals surface area contributed by atoms with Crippen molar-refractivity contribution < 1.29 is 42.8 Å². The van der Waals surface area contributed by atoms with Crippen molar-refractivity contribution in [1.82, 2.24) is 0 Å². The van der Waals surface area contributed by atoms with Crippen LogP contribution in [0.1, 0.15) is 22.3 Å². The number of hydrogen-bond donors (Lipinski definition) is 0. The molecule has 1 atom stereocenters. The van der Waals surface area contributed by atoms with Crippen LogP contribution in [0, 0.1) is 0 Å². The molecule has 1 heterocycles. The Balaban J connectivity index is 1.14. The van der Waals surface area contributed by atoms with Gasteiger partial charge in [0.1, 0.15) is 24.7 Å². The molecule has 0 spiro atoms. The highest BCUT2D eigenvalue weighted by atomic mass is 31.1. The molecule has 10 nitrogen and oxygen atoms in total. The molecule has 0 fully saturated rings. The molecule has 0 amide bonds. The van der Waals surface area contributed by atoms with E-state index in [0.29, 0.717) is 79.3 Å². The monoisotopic (exact) mass is 930 g/mol. The average Bonchev–Trinajstić information content (AvgIpc) is 3.84. The van der Waals surface area contributed by atoms with Crippen LogP contribution in [0.5, 0.6) is 11.5 Å². The van der Waals surface area contributed by atoms with Crippen LogP contribution in [0.2, 0.25) is 0 Å². The van der Waals surface area contributed by atoms with Gasteiger partial charge in [0.2, 0.25) is 0 Å². The molecule has 0 saturated heterocycles. The Kier molecular flexibility index (Phi) is 15.8. The van der Waals surface area contributed by atoms with Crippen LogP contribution in [-0.2, 0) is 33.8 Å². The summed E-state index contributed by atoms with van der Waals surface area (Å²) in [5.41, 5.74) is 7.20. The Morgan fingerprint density at radius 2 is 0.912 bits per heavy atom. The van der Waals surface area contributed by atoms with Gasteiger partial charge in [-0.25, -0.2) is 0 Å². The fourth-order valence-electron chi connectivity index (χ4n) is 9.23. The van der Waals surface area contributed by atoms with Gasteiger partial charge in [-0.15, -0.1) is 0 Å². The molecule has 0 saturated carbocycles. The third kappa shape index (κ3) is 10.1. The lowest BCUT2D eigenvalue weighted by Gasteiger charge is -2.35. The Morgan fingerprint density at radius 1 is 0.456 bits per heavy atom. The summed E-state index contributed by atoms with van der Waals surface area (Å²) in [6.07, 6.45) is 0. The SMILES string of the molecule is COCCOCCOCCOc1ccc(C2(c3ccc(OCCOCCOCCOC)cc3)c3cc(N(c4ccccc4)c4ccccc4)ccc3-c3c2c2cc4ccccc4cc2p3[O-])cc1. The first kappa shape index (κ1) is 47.0. The molecule has 350 valence electrons. The highest BCUT2D eigenvalue weighted by Crippen LogP contribution is 2.65. The molecule has 0 bridgehead atoms. The summed E-state index contributed by atoms with van der Waals surface area (Å²) in [6, 6.07) is 56.9. The van der Waals surface area contributed by atoms with Gasteiger partial charge < -0.3 is 47.7 Å². The first-order valence-electron chi connectivity index (χ1n) is 23.2. The van der Waals surface area contributed by atoms with E-state index in [2.05, 4.69) is 126 Å². The van der Waals surface area contributed by atoms with E-state index in [9.17, 15) is 0 Å². The number of para-hydroxylation sites is 2. The van der Waals surface area contributed by atoms with E-state index in [1.807, 2.05) is 42.5 Å². The Morgan fingerprint density at radius 3 is 1.41 bits per heavy atom. The highest BCUT2D eigenvalue weighted by molar-refractivity contribution is 7.52. The number of nitrogens with zero attached hydrogens (tertiary/aromatic N) is 1. The van der Waals surface area contributed by atoms with Crippen molar-refractivity contribution in [3.8, 4) is 22.4 Å². The molecule has 9 rings (SSSR count). The molecule has 68 heavy (non-hydrogen) atoms. The standard InChI is InChI=1S/C57H57NO9P/c1-60-27-29-62-31-33-64-35-37-66-49-22-17-44(18-23-49)57(45-19-24-50(25-20-45)67-38-36-65-34-32-63-30-28-61-2)53-41-48(58(46-13-5-3-6-14-46)47-15-7-4-8-16-47)21-26-51(53)56-55(57)52-39-42-11-9-10-12-43(42)40-54(52)68(56)59/h3-26,39-41H,27-38H2,1-2H3/q-1. The first-order chi connectivity index (χ1) is 33.6. The number of benzene rings is 7. The van der Waals surface area contributed by atoms with Crippen molar-refractivity contribution in [1.29, 1.82) is 0 Å². The number of fused-ring (bicyclic) bond motifs is 6. The molecule has 0 radical (unpaired) electrons. The van der Waals surface area contributed by atoms with Gasteiger partial charge in [-0.1, -0.05) is 91.0 Å². The predicted octanol–water partition coefficient (Wildman–Crippen LogP) is 11.1. The summed E-state index contributed by atoms with van der Waals surface area (Å²) in [5.74, 6) is 1.45. The van der Waals surface area contributed by atoms with Crippen molar-refractivity contribution in [2.45, 2.75) is 5.41 Å². The minimum Gasteiger partial charge on any atom is -0.807 e.